The molecule has 1 heterocycles. The number of pyridine rings is 1. The Morgan fingerprint density at radius 2 is 1.94 bits per heavy atom. The number of aromatic carboxylic acids is 1. The number of carbonyl (C=O) groups excluding carboxylic acids is 1. The van der Waals surface area contributed by atoms with Crippen molar-refractivity contribution in [2.24, 2.45) is 0 Å². The summed E-state index contributed by atoms with van der Waals surface area (Å²) in [4.78, 5) is 14.3. The Bertz CT molecular complexity index is 421. The first-order valence-corrected chi connectivity index (χ1v) is 6.64. The number of carbonyl (C=O) groups is 1. The molecule has 0 amide bonds. The van der Waals surface area contributed by atoms with Gasteiger partial charge in [0.25, 0.3) is 0 Å². The molecule has 0 fully saturated rings. The van der Waals surface area contributed by atoms with Crippen LogP contribution in [0.3, 0.4) is 0 Å². The first-order chi connectivity index (χ1) is 8.03. The van der Waals surface area contributed by atoms with Crippen molar-refractivity contribution in [2.45, 2.75) is 13.8 Å². The zero-order valence-electron chi connectivity index (χ0n) is 9.58. The minimum atomic E-state index is -3.45. The van der Waals surface area contributed by atoms with E-state index in [0.29, 0.717) is 0 Å². The summed E-state index contributed by atoms with van der Waals surface area (Å²) >= 11 is 0. The number of nitrogens with zero attached hydrogens (tertiary/aromatic N) is 1. The molecule has 0 saturated carbocycles. The Morgan fingerprint density at radius 1 is 1.35 bits per heavy atom. The van der Waals surface area contributed by atoms with Crippen molar-refractivity contribution in [3.63, 3.8) is 0 Å². The van der Waals surface area contributed by atoms with Gasteiger partial charge in [-0.2, -0.15) is 0 Å². The standard InChI is InChI=1S/C10H14NO5P/c1-3-15-17(14,16-4-2)9-6-5-8(7-11-9)10(12)13/h5-7H,3-4H2,1-2H3,(H,12,13)/p-1. The highest BCUT2D eigenvalue weighted by Gasteiger charge is 2.28. The SMILES string of the molecule is CCOP(=O)(OCC)c1ccc(C(=O)[O-])cn1. The number of rotatable bonds is 6. The first-order valence-electron chi connectivity index (χ1n) is 5.10. The maximum atomic E-state index is 12.2. The van der Waals surface area contributed by atoms with E-state index in [4.69, 9.17) is 9.05 Å². The molecule has 94 valence electrons. The molecule has 0 spiro atoms. The average molecular weight is 258 g/mol. The molecule has 0 N–H and O–H groups in total. The minimum absolute atomic E-state index is 0.0891. The summed E-state index contributed by atoms with van der Waals surface area (Å²) in [7, 11) is -3.45. The number of hydrogen-bond acceptors (Lipinski definition) is 6. The van der Waals surface area contributed by atoms with Crippen LogP contribution in [0.4, 0.5) is 0 Å². The quantitative estimate of drug-likeness (QED) is 0.683. The van der Waals surface area contributed by atoms with Gasteiger partial charge in [-0.25, -0.2) is 4.98 Å². The predicted molar refractivity (Wildman–Crippen MR) is 59.1 cm³/mol. The van der Waals surface area contributed by atoms with E-state index in [0.717, 1.165) is 6.20 Å². The van der Waals surface area contributed by atoms with E-state index >= 15 is 0 Å². The molecule has 0 aliphatic heterocycles. The first kappa shape index (κ1) is 13.8. The van der Waals surface area contributed by atoms with Crippen LogP contribution >= 0.6 is 7.60 Å². The van der Waals surface area contributed by atoms with Crippen LogP contribution in [0, 0.1) is 0 Å². The molecule has 0 aromatic carbocycles. The van der Waals surface area contributed by atoms with Crippen LogP contribution in [0.2, 0.25) is 0 Å². The molecule has 7 heteroatoms. The normalized spacial score (nSPS) is 11.4. The van der Waals surface area contributed by atoms with Gasteiger partial charge < -0.3 is 18.9 Å². The van der Waals surface area contributed by atoms with Gasteiger partial charge in [-0.05, 0) is 26.0 Å². The second kappa shape index (κ2) is 5.91. The topological polar surface area (TPSA) is 88.5 Å². The minimum Gasteiger partial charge on any atom is -0.545 e. The third-order valence-corrected chi connectivity index (χ3v) is 3.88. The molecule has 0 unspecified atom stereocenters. The van der Waals surface area contributed by atoms with Gasteiger partial charge in [-0.3, -0.25) is 4.57 Å². The Labute approximate surface area is 99.1 Å². The summed E-state index contributed by atoms with van der Waals surface area (Å²) in [5.74, 6) is -1.34. The molecular weight excluding hydrogens is 245 g/mol. The second-order valence-electron chi connectivity index (χ2n) is 3.03. The lowest BCUT2D eigenvalue weighted by atomic mass is 10.3. The third kappa shape index (κ3) is 3.36. The summed E-state index contributed by atoms with van der Waals surface area (Å²) < 4.78 is 22.4. The van der Waals surface area contributed by atoms with E-state index in [9.17, 15) is 14.5 Å². The lowest BCUT2D eigenvalue weighted by Gasteiger charge is -2.16. The smallest absolute Gasteiger partial charge is 0.379 e. The van der Waals surface area contributed by atoms with E-state index in [1.807, 2.05) is 0 Å². The summed E-state index contributed by atoms with van der Waals surface area (Å²) in [6.45, 7) is 3.78. The van der Waals surface area contributed by atoms with Gasteiger partial charge in [0, 0.05) is 11.8 Å². The monoisotopic (exact) mass is 258 g/mol. The molecule has 1 aromatic heterocycles. The van der Waals surface area contributed by atoms with E-state index < -0.39 is 13.6 Å². The maximum Gasteiger partial charge on any atom is 0.379 e. The molecule has 1 rings (SSSR count). The number of hydrogen-bond donors (Lipinski definition) is 0. The molecule has 17 heavy (non-hydrogen) atoms. The van der Waals surface area contributed by atoms with Crippen LogP contribution in [-0.4, -0.2) is 24.2 Å². The fourth-order valence-corrected chi connectivity index (χ4v) is 2.65. The van der Waals surface area contributed by atoms with Gasteiger partial charge in [0.05, 0.1) is 19.2 Å². The summed E-state index contributed by atoms with van der Waals surface area (Å²) in [6.07, 6.45) is 1.06. The van der Waals surface area contributed by atoms with Crippen LogP contribution in [0.1, 0.15) is 24.2 Å². The van der Waals surface area contributed by atoms with E-state index in [-0.39, 0.29) is 24.2 Å². The Balaban J connectivity index is 3.03. The van der Waals surface area contributed by atoms with Crippen LogP contribution in [0.5, 0.6) is 0 Å². The highest BCUT2D eigenvalue weighted by molar-refractivity contribution is 7.61. The summed E-state index contributed by atoms with van der Waals surface area (Å²) in [5.41, 5.74) is -0.000466. The number of aromatic nitrogens is 1. The Kier molecular flexibility index (Phi) is 4.81. The van der Waals surface area contributed by atoms with Gasteiger partial charge in [-0.1, -0.05) is 0 Å². The second-order valence-corrected chi connectivity index (χ2v) is 5.00. The lowest BCUT2D eigenvalue weighted by molar-refractivity contribution is -0.255. The van der Waals surface area contributed by atoms with Gasteiger partial charge in [0.1, 0.15) is 0 Å². The van der Waals surface area contributed by atoms with Crippen molar-refractivity contribution >= 4 is 19.0 Å². The fraction of sp³-hybridized carbons (Fsp3) is 0.400. The van der Waals surface area contributed by atoms with E-state index in [2.05, 4.69) is 4.98 Å². The zero-order chi connectivity index (χ0) is 12.9. The van der Waals surface area contributed by atoms with Crippen molar-refractivity contribution in [1.29, 1.82) is 0 Å². The molecular formula is C10H13NO5P-. The van der Waals surface area contributed by atoms with E-state index in [1.54, 1.807) is 13.8 Å². The van der Waals surface area contributed by atoms with Crippen molar-refractivity contribution < 1.29 is 23.5 Å². The molecule has 0 aliphatic rings. The van der Waals surface area contributed by atoms with Gasteiger partial charge in [-0.15, -0.1) is 0 Å². The predicted octanol–water partition coefficient (Wildman–Crippen LogP) is 0.337. The van der Waals surface area contributed by atoms with Crippen LogP contribution < -0.4 is 10.5 Å². The van der Waals surface area contributed by atoms with Crippen LogP contribution in [0.25, 0.3) is 0 Å². The van der Waals surface area contributed by atoms with E-state index in [1.165, 1.54) is 12.1 Å². The van der Waals surface area contributed by atoms with Crippen molar-refractivity contribution in [2.75, 3.05) is 13.2 Å². The Hall–Kier alpha value is -1.23. The molecule has 0 aliphatic carbocycles. The maximum absolute atomic E-state index is 12.2. The zero-order valence-corrected chi connectivity index (χ0v) is 10.5. The van der Waals surface area contributed by atoms with Crippen molar-refractivity contribution in [3.8, 4) is 0 Å². The van der Waals surface area contributed by atoms with Gasteiger partial charge in [0.2, 0.25) is 0 Å². The molecule has 0 saturated heterocycles. The highest BCUT2D eigenvalue weighted by atomic mass is 31.2. The molecule has 1 aromatic rings. The Morgan fingerprint density at radius 3 is 2.29 bits per heavy atom. The molecule has 0 bridgehead atoms. The molecule has 0 atom stereocenters. The number of carboxylic acid groups (broad SMARTS) is 1. The van der Waals surface area contributed by atoms with Crippen molar-refractivity contribution in [1.82, 2.24) is 4.98 Å². The van der Waals surface area contributed by atoms with Gasteiger partial charge in [0.15, 0.2) is 5.44 Å². The molecule has 0 radical (unpaired) electrons. The highest BCUT2D eigenvalue weighted by Crippen LogP contribution is 2.45. The van der Waals surface area contributed by atoms with Crippen LogP contribution in [0.15, 0.2) is 18.3 Å². The van der Waals surface area contributed by atoms with Crippen molar-refractivity contribution in [3.05, 3.63) is 23.9 Å². The fourth-order valence-electron chi connectivity index (χ4n) is 1.18. The largest absolute Gasteiger partial charge is 0.545 e. The van der Waals surface area contributed by atoms with Crippen LogP contribution in [-0.2, 0) is 13.6 Å². The average Bonchev–Trinajstić information content (AvgIpc) is 2.30. The number of carboxylic acids is 1. The lowest BCUT2D eigenvalue weighted by Crippen LogP contribution is -2.24. The summed E-state index contributed by atoms with van der Waals surface area (Å²) in [6, 6.07) is 2.56. The molecule has 6 nitrogen and oxygen atoms in total. The third-order valence-electron chi connectivity index (χ3n) is 1.86. The van der Waals surface area contributed by atoms with Gasteiger partial charge >= 0.3 is 7.60 Å². The summed E-state index contributed by atoms with van der Waals surface area (Å²) in [5, 5.41) is 10.5.